The number of hydrogen-bond acceptors (Lipinski definition) is 6. The summed E-state index contributed by atoms with van der Waals surface area (Å²) in [5.74, 6) is 1.22. The minimum absolute atomic E-state index is 0.0857. The average molecular weight is 495 g/mol. The summed E-state index contributed by atoms with van der Waals surface area (Å²) < 4.78 is 32.8. The number of piperidine rings is 1. The van der Waals surface area contributed by atoms with Gasteiger partial charge in [-0.25, -0.2) is 12.7 Å². The Balaban J connectivity index is 1.45. The molecule has 192 valence electrons. The van der Waals surface area contributed by atoms with Gasteiger partial charge in [0.05, 0.1) is 12.0 Å². The van der Waals surface area contributed by atoms with Crippen LogP contribution in [0.25, 0.3) is 0 Å². The van der Waals surface area contributed by atoms with Crippen molar-refractivity contribution < 1.29 is 17.9 Å². The molecular weight excluding hydrogens is 452 g/mol. The van der Waals surface area contributed by atoms with Crippen LogP contribution < -0.4 is 15.8 Å². The fraction of sp³-hybridized carbons (Fsp3) is 0.720. The van der Waals surface area contributed by atoms with Gasteiger partial charge in [0.15, 0.2) is 0 Å². The molecule has 1 amide bonds. The van der Waals surface area contributed by atoms with Crippen LogP contribution in [0.4, 0.5) is 0 Å². The van der Waals surface area contributed by atoms with E-state index < -0.39 is 10.0 Å². The minimum atomic E-state index is -3.70. The molecule has 1 heterocycles. The molecule has 3 rings (SSSR count). The van der Waals surface area contributed by atoms with E-state index in [2.05, 4.69) is 10.2 Å². The number of rotatable bonds is 9. The zero-order chi connectivity index (χ0) is 24.9. The number of sulfonamides is 1. The van der Waals surface area contributed by atoms with E-state index in [-0.39, 0.29) is 29.8 Å². The zero-order valence-corrected chi connectivity index (χ0v) is 22.0. The Morgan fingerprint density at radius 3 is 2.24 bits per heavy atom. The third-order valence-electron chi connectivity index (χ3n) is 7.55. The van der Waals surface area contributed by atoms with Crippen molar-refractivity contribution in [3.63, 3.8) is 0 Å². The highest BCUT2D eigenvalue weighted by atomic mass is 32.2. The first-order chi connectivity index (χ1) is 16.1. The van der Waals surface area contributed by atoms with Gasteiger partial charge in [0.2, 0.25) is 15.9 Å². The van der Waals surface area contributed by atoms with Crippen LogP contribution in [0, 0.1) is 19.8 Å². The van der Waals surface area contributed by atoms with Crippen molar-refractivity contribution in [2.75, 3.05) is 40.3 Å². The van der Waals surface area contributed by atoms with Crippen molar-refractivity contribution in [3.8, 4) is 5.75 Å². The van der Waals surface area contributed by atoms with Crippen LogP contribution in [-0.2, 0) is 14.8 Å². The highest BCUT2D eigenvalue weighted by Crippen LogP contribution is 2.29. The Labute approximate surface area is 205 Å². The van der Waals surface area contributed by atoms with E-state index in [9.17, 15) is 13.2 Å². The van der Waals surface area contributed by atoms with E-state index in [1.807, 2.05) is 0 Å². The van der Waals surface area contributed by atoms with Gasteiger partial charge in [0.1, 0.15) is 5.75 Å². The van der Waals surface area contributed by atoms with E-state index in [0.29, 0.717) is 28.8 Å². The highest BCUT2D eigenvalue weighted by molar-refractivity contribution is 7.89. The van der Waals surface area contributed by atoms with Gasteiger partial charge in [-0.2, -0.15) is 0 Å². The van der Waals surface area contributed by atoms with E-state index >= 15 is 0 Å². The molecule has 34 heavy (non-hydrogen) atoms. The first-order valence-corrected chi connectivity index (χ1v) is 13.9. The number of nitrogens with zero attached hydrogens (tertiary/aromatic N) is 2. The van der Waals surface area contributed by atoms with Gasteiger partial charge in [0, 0.05) is 32.1 Å². The predicted octanol–water partition coefficient (Wildman–Crippen LogP) is 2.42. The Morgan fingerprint density at radius 2 is 1.71 bits per heavy atom. The number of benzene rings is 1. The number of ether oxygens (including phenoxy) is 1. The van der Waals surface area contributed by atoms with Crippen molar-refractivity contribution in [1.82, 2.24) is 14.5 Å². The second-order valence-electron chi connectivity index (χ2n) is 9.95. The largest absolute Gasteiger partial charge is 0.497 e. The maximum Gasteiger partial charge on any atom is 0.243 e. The molecule has 1 saturated heterocycles. The number of carbonyl (C=O) groups excluding carboxylic acids is 1. The first kappa shape index (κ1) is 26.9. The van der Waals surface area contributed by atoms with Crippen molar-refractivity contribution in [2.45, 2.75) is 75.8 Å². The molecule has 0 bridgehead atoms. The van der Waals surface area contributed by atoms with Crippen molar-refractivity contribution in [2.24, 2.45) is 11.7 Å². The molecule has 0 atom stereocenters. The standard InChI is InChI=1S/C25H42N4O4S/c1-18-15-23(33-4)16-19(2)25(18)34(31,32)28(3)12-11-24(30)27-21-5-7-22(8-6-21)29-13-9-20(17-26)10-14-29/h15-16,20-22H,5-14,17,26H2,1-4H3,(H,27,30). The lowest BCUT2D eigenvalue weighted by atomic mass is 9.87. The lowest BCUT2D eigenvalue weighted by molar-refractivity contribution is -0.122. The minimum Gasteiger partial charge on any atom is -0.497 e. The number of nitrogens with one attached hydrogen (secondary N) is 1. The normalized spacial score (nSPS) is 22.6. The summed E-state index contributed by atoms with van der Waals surface area (Å²) in [5, 5.41) is 3.13. The summed E-state index contributed by atoms with van der Waals surface area (Å²) in [6.45, 7) is 6.74. The molecule has 0 unspecified atom stereocenters. The fourth-order valence-corrected chi connectivity index (χ4v) is 6.98. The number of amides is 1. The molecule has 2 fully saturated rings. The lowest BCUT2D eigenvalue weighted by Gasteiger charge is -2.40. The van der Waals surface area contributed by atoms with Gasteiger partial charge in [-0.05, 0) is 101 Å². The molecule has 8 nitrogen and oxygen atoms in total. The molecule has 1 aliphatic carbocycles. The van der Waals surface area contributed by atoms with Crippen molar-refractivity contribution in [1.29, 1.82) is 0 Å². The topological polar surface area (TPSA) is 105 Å². The van der Waals surface area contributed by atoms with Crippen LogP contribution in [0.3, 0.4) is 0 Å². The van der Waals surface area contributed by atoms with Gasteiger partial charge in [0.25, 0.3) is 0 Å². The summed E-state index contributed by atoms with van der Waals surface area (Å²) in [4.78, 5) is 15.5. The summed E-state index contributed by atoms with van der Waals surface area (Å²) in [7, 11) is -0.603. The van der Waals surface area contributed by atoms with Gasteiger partial charge >= 0.3 is 0 Å². The molecule has 1 saturated carbocycles. The van der Waals surface area contributed by atoms with Crippen LogP contribution in [0.1, 0.15) is 56.1 Å². The van der Waals surface area contributed by atoms with E-state index in [4.69, 9.17) is 10.5 Å². The van der Waals surface area contributed by atoms with Crippen molar-refractivity contribution >= 4 is 15.9 Å². The Bertz CT molecular complexity index is 913. The third-order valence-corrected chi connectivity index (χ3v) is 9.72. The Kier molecular flexibility index (Phi) is 9.37. The molecular formula is C25H42N4O4S. The molecule has 3 N–H and O–H groups in total. The molecule has 1 aromatic rings. The van der Waals surface area contributed by atoms with E-state index in [0.717, 1.165) is 45.3 Å². The van der Waals surface area contributed by atoms with Crippen molar-refractivity contribution in [3.05, 3.63) is 23.3 Å². The quantitative estimate of drug-likeness (QED) is 0.546. The van der Waals surface area contributed by atoms with Gasteiger partial charge in [-0.15, -0.1) is 0 Å². The van der Waals surface area contributed by atoms with Crippen LogP contribution in [0.15, 0.2) is 17.0 Å². The van der Waals surface area contributed by atoms with Gasteiger partial charge < -0.3 is 20.7 Å². The van der Waals surface area contributed by atoms with Crippen LogP contribution in [-0.4, -0.2) is 76.0 Å². The number of likely N-dealkylation sites (tertiary alicyclic amines) is 1. The van der Waals surface area contributed by atoms with Crippen LogP contribution in [0.2, 0.25) is 0 Å². The van der Waals surface area contributed by atoms with Gasteiger partial charge in [-0.3, -0.25) is 4.79 Å². The van der Waals surface area contributed by atoms with Crippen LogP contribution in [0.5, 0.6) is 5.75 Å². The number of nitrogens with two attached hydrogens (primary N) is 1. The molecule has 0 aromatic heterocycles. The third kappa shape index (κ3) is 6.50. The fourth-order valence-electron chi connectivity index (χ4n) is 5.41. The molecule has 0 radical (unpaired) electrons. The zero-order valence-electron chi connectivity index (χ0n) is 21.2. The SMILES string of the molecule is COc1cc(C)c(S(=O)(=O)N(C)CCC(=O)NC2CCC(N3CCC(CN)CC3)CC2)c(C)c1. The predicted molar refractivity (Wildman–Crippen MR) is 134 cm³/mol. The number of aryl methyl sites for hydroxylation is 2. The second-order valence-corrected chi connectivity index (χ2v) is 11.9. The summed E-state index contributed by atoms with van der Waals surface area (Å²) in [5.41, 5.74) is 7.08. The second kappa shape index (κ2) is 11.8. The number of hydrogen-bond donors (Lipinski definition) is 2. The number of carbonyl (C=O) groups is 1. The highest BCUT2D eigenvalue weighted by Gasteiger charge is 2.30. The molecule has 1 aromatic carbocycles. The number of methoxy groups -OCH3 is 1. The monoisotopic (exact) mass is 494 g/mol. The lowest BCUT2D eigenvalue weighted by Crippen LogP contribution is -2.47. The summed E-state index contributed by atoms with van der Waals surface area (Å²) >= 11 is 0. The maximum absolute atomic E-state index is 13.1. The molecule has 1 aliphatic heterocycles. The molecule has 2 aliphatic rings. The summed E-state index contributed by atoms with van der Waals surface area (Å²) in [6.07, 6.45) is 6.69. The van der Waals surface area contributed by atoms with E-state index in [1.165, 1.54) is 24.2 Å². The average Bonchev–Trinajstić information content (AvgIpc) is 2.82. The first-order valence-electron chi connectivity index (χ1n) is 12.5. The van der Waals surface area contributed by atoms with Crippen LogP contribution >= 0.6 is 0 Å². The molecule has 9 heteroatoms. The smallest absolute Gasteiger partial charge is 0.243 e. The maximum atomic E-state index is 13.1. The van der Waals surface area contributed by atoms with Gasteiger partial charge in [-0.1, -0.05) is 0 Å². The van der Waals surface area contributed by atoms with E-state index in [1.54, 1.807) is 33.1 Å². The summed E-state index contributed by atoms with van der Waals surface area (Å²) in [6, 6.07) is 4.23. The molecule has 0 spiro atoms. The Hall–Kier alpha value is -1.68. The Morgan fingerprint density at radius 1 is 1.12 bits per heavy atom.